The monoisotopic (exact) mass is 410 g/mol. The normalized spacial score (nSPS) is 10.4. The first-order chi connectivity index (χ1) is 14.0. The minimum atomic E-state index is -0.331. The fraction of sp³-hybridized carbons (Fsp3) is 0.238. The van der Waals surface area contributed by atoms with Crippen LogP contribution in [0.2, 0.25) is 0 Å². The smallest absolute Gasteiger partial charge is 0.286 e. The number of aromatic nitrogens is 2. The molecule has 0 aliphatic rings. The zero-order valence-corrected chi connectivity index (χ0v) is 17.1. The largest absolute Gasteiger partial charge is 0.497 e. The fourth-order valence-electron chi connectivity index (χ4n) is 2.62. The molecule has 3 aromatic rings. The van der Waals surface area contributed by atoms with Gasteiger partial charge in [0.15, 0.2) is 0 Å². The van der Waals surface area contributed by atoms with Gasteiger partial charge in [0.05, 0.1) is 7.11 Å². The molecule has 2 aromatic carbocycles. The van der Waals surface area contributed by atoms with Gasteiger partial charge < -0.3 is 15.4 Å². The number of benzene rings is 2. The number of ether oxygens (including phenoxy) is 1. The summed E-state index contributed by atoms with van der Waals surface area (Å²) in [6.45, 7) is 2.51. The first kappa shape index (κ1) is 20.5. The Balaban J connectivity index is 1.47. The minimum absolute atomic E-state index is 0.0623. The van der Waals surface area contributed by atoms with Crippen LogP contribution in [0.15, 0.2) is 48.5 Å². The van der Waals surface area contributed by atoms with Crippen molar-refractivity contribution in [1.82, 2.24) is 15.5 Å². The van der Waals surface area contributed by atoms with Crippen LogP contribution in [-0.2, 0) is 17.8 Å². The van der Waals surface area contributed by atoms with Crippen LogP contribution >= 0.6 is 11.3 Å². The lowest BCUT2D eigenvalue weighted by molar-refractivity contribution is -0.121. The minimum Gasteiger partial charge on any atom is -0.497 e. The molecule has 0 aliphatic heterocycles. The molecule has 8 heteroatoms. The van der Waals surface area contributed by atoms with Crippen molar-refractivity contribution in [3.05, 3.63) is 69.7 Å². The lowest BCUT2D eigenvalue weighted by atomic mass is 10.1. The maximum absolute atomic E-state index is 12.3. The number of methoxy groups -OCH3 is 1. The molecule has 1 heterocycles. The summed E-state index contributed by atoms with van der Waals surface area (Å²) in [6.07, 6.45) is 0.730. The Morgan fingerprint density at radius 1 is 1.07 bits per heavy atom. The van der Waals surface area contributed by atoms with E-state index in [1.165, 1.54) is 11.3 Å². The molecule has 7 nitrogen and oxygen atoms in total. The summed E-state index contributed by atoms with van der Waals surface area (Å²) in [5.74, 6) is 0.317. The molecule has 2 amide bonds. The van der Waals surface area contributed by atoms with Crippen LogP contribution in [0.1, 0.15) is 32.4 Å². The van der Waals surface area contributed by atoms with Gasteiger partial charge in [-0.15, -0.1) is 10.2 Å². The molecule has 0 atom stereocenters. The van der Waals surface area contributed by atoms with Crippen LogP contribution in [-0.4, -0.2) is 29.1 Å². The Morgan fingerprint density at radius 3 is 2.55 bits per heavy atom. The predicted molar refractivity (Wildman–Crippen MR) is 112 cm³/mol. The molecule has 29 heavy (non-hydrogen) atoms. The van der Waals surface area contributed by atoms with E-state index in [1.807, 2.05) is 31.2 Å². The number of anilines is 1. The molecule has 3 rings (SSSR count). The summed E-state index contributed by atoms with van der Waals surface area (Å²) >= 11 is 1.19. The third kappa shape index (κ3) is 5.86. The average Bonchev–Trinajstić information content (AvgIpc) is 3.21. The number of nitrogens with zero attached hydrogens (tertiary/aromatic N) is 2. The number of rotatable bonds is 8. The SMILES string of the molecule is COc1ccc(NC(=O)c2nnc(CCC(=O)NCc3ccccc3C)s2)cc1. The van der Waals surface area contributed by atoms with Gasteiger partial charge in [-0.3, -0.25) is 9.59 Å². The van der Waals surface area contributed by atoms with E-state index in [2.05, 4.69) is 20.8 Å². The molecule has 2 N–H and O–H groups in total. The highest BCUT2D eigenvalue weighted by Crippen LogP contribution is 2.17. The predicted octanol–water partition coefficient (Wildman–Crippen LogP) is 3.36. The van der Waals surface area contributed by atoms with Crippen LogP contribution in [0.4, 0.5) is 5.69 Å². The second-order valence-corrected chi connectivity index (χ2v) is 7.45. The molecule has 0 spiro atoms. The Labute approximate surface area is 173 Å². The molecule has 0 unspecified atom stereocenters. The highest BCUT2D eigenvalue weighted by Gasteiger charge is 2.14. The molecule has 1 aromatic heterocycles. The Morgan fingerprint density at radius 2 is 1.83 bits per heavy atom. The van der Waals surface area contributed by atoms with E-state index in [4.69, 9.17) is 4.74 Å². The second kappa shape index (κ2) is 9.79. The van der Waals surface area contributed by atoms with Gasteiger partial charge in [0.25, 0.3) is 5.91 Å². The maximum atomic E-state index is 12.3. The van der Waals surface area contributed by atoms with E-state index in [1.54, 1.807) is 31.4 Å². The van der Waals surface area contributed by atoms with Crippen molar-refractivity contribution >= 4 is 28.8 Å². The van der Waals surface area contributed by atoms with Crippen LogP contribution in [0.3, 0.4) is 0 Å². The number of amides is 2. The second-order valence-electron chi connectivity index (χ2n) is 6.39. The standard InChI is InChI=1S/C21H22N4O3S/c1-14-5-3-4-6-15(14)13-22-18(26)11-12-19-24-25-21(29-19)20(27)23-16-7-9-17(28-2)10-8-16/h3-10H,11-13H2,1-2H3,(H,22,26)(H,23,27). The number of carbonyl (C=O) groups is 2. The van der Waals surface area contributed by atoms with Gasteiger partial charge in [-0.25, -0.2) is 0 Å². The highest BCUT2D eigenvalue weighted by molar-refractivity contribution is 7.13. The number of hydrogen-bond donors (Lipinski definition) is 2. The quantitative estimate of drug-likeness (QED) is 0.594. The van der Waals surface area contributed by atoms with E-state index in [0.29, 0.717) is 35.8 Å². The Kier molecular flexibility index (Phi) is 6.91. The number of carbonyl (C=O) groups excluding carboxylic acids is 2. The van der Waals surface area contributed by atoms with E-state index in [0.717, 1.165) is 11.1 Å². The van der Waals surface area contributed by atoms with E-state index < -0.39 is 0 Å². The topological polar surface area (TPSA) is 93.2 Å². The van der Waals surface area contributed by atoms with Crippen LogP contribution in [0, 0.1) is 6.92 Å². The fourth-order valence-corrected chi connectivity index (χ4v) is 3.35. The molecule has 0 saturated heterocycles. The molecule has 150 valence electrons. The Hall–Kier alpha value is -3.26. The van der Waals surface area contributed by atoms with Gasteiger partial charge in [0.1, 0.15) is 10.8 Å². The Bertz CT molecular complexity index is 986. The van der Waals surface area contributed by atoms with Crippen LogP contribution < -0.4 is 15.4 Å². The van der Waals surface area contributed by atoms with Crippen molar-refractivity contribution in [1.29, 1.82) is 0 Å². The molecule has 0 bridgehead atoms. The van der Waals surface area contributed by atoms with Crippen molar-refractivity contribution in [2.45, 2.75) is 26.3 Å². The summed E-state index contributed by atoms with van der Waals surface area (Å²) in [5, 5.41) is 14.5. The number of aryl methyl sites for hydroxylation is 2. The van der Waals surface area contributed by atoms with Crippen LogP contribution in [0.25, 0.3) is 0 Å². The molecule has 0 saturated carbocycles. The van der Waals surface area contributed by atoms with Gasteiger partial charge in [-0.1, -0.05) is 35.6 Å². The van der Waals surface area contributed by atoms with Gasteiger partial charge >= 0.3 is 0 Å². The number of hydrogen-bond acceptors (Lipinski definition) is 6. The van der Waals surface area contributed by atoms with Crippen molar-refractivity contribution in [2.75, 3.05) is 12.4 Å². The van der Waals surface area contributed by atoms with Crippen molar-refractivity contribution < 1.29 is 14.3 Å². The lowest BCUT2D eigenvalue weighted by Crippen LogP contribution is -2.23. The molecule has 0 radical (unpaired) electrons. The van der Waals surface area contributed by atoms with Crippen LogP contribution in [0.5, 0.6) is 5.75 Å². The zero-order chi connectivity index (χ0) is 20.6. The van der Waals surface area contributed by atoms with Crippen molar-refractivity contribution in [3.63, 3.8) is 0 Å². The van der Waals surface area contributed by atoms with E-state index in [-0.39, 0.29) is 16.8 Å². The van der Waals surface area contributed by atoms with E-state index in [9.17, 15) is 9.59 Å². The molecule has 0 aliphatic carbocycles. The third-order valence-corrected chi connectivity index (χ3v) is 5.29. The average molecular weight is 410 g/mol. The maximum Gasteiger partial charge on any atom is 0.286 e. The van der Waals surface area contributed by atoms with E-state index >= 15 is 0 Å². The summed E-state index contributed by atoms with van der Waals surface area (Å²) < 4.78 is 5.09. The molecule has 0 fully saturated rings. The van der Waals surface area contributed by atoms with Gasteiger partial charge in [-0.2, -0.15) is 0 Å². The molecular weight excluding hydrogens is 388 g/mol. The van der Waals surface area contributed by atoms with Gasteiger partial charge in [0.2, 0.25) is 10.9 Å². The number of nitrogens with one attached hydrogen (secondary N) is 2. The first-order valence-corrected chi connectivity index (χ1v) is 9.96. The van der Waals surface area contributed by atoms with Gasteiger partial charge in [-0.05, 0) is 42.3 Å². The zero-order valence-electron chi connectivity index (χ0n) is 16.3. The third-order valence-electron chi connectivity index (χ3n) is 4.31. The highest BCUT2D eigenvalue weighted by atomic mass is 32.1. The summed E-state index contributed by atoms with van der Waals surface area (Å²) in [4.78, 5) is 24.4. The summed E-state index contributed by atoms with van der Waals surface area (Å²) in [5.41, 5.74) is 2.88. The van der Waals surface area contributed by atoms with Gasteiger partial charge in [0, 0.05) is 25.1 Å². The summed E-state index contributed by atoms with van der Waals surface area (Å²) in [7, 11) is 1.58. The van der Waals surface area contributed by atoms with Crippen molar-refractivity contribution in [2.24, 2.45) is 0 Å². The molecular formula is C21H22N4O3S. The first-order valence-electron chi connectivity index (χ1n) is 9.14. The lowest BCUT2D eigenvalue weighted by Gasteiger charge is -2.07. The van der Waals surface area contributed by atoms with Crippen molar-refractivity contribution in [3.8, 4) is 5.75 Å². The summed E-state index contributed by atoms with van der Waals surface area (Å²) in [6, 6.07) is 14.9.